The van der Waals surface area contributed by atoms with Gasteiger partial charge in [-0.25, -0.2) is 4.68 Å². The molecule has 0 radical (unpaired) electrons. The molecular formula is C26H30N4O2. The monoisotopic (exact) mass is 430 g/mol. The lowest BCUT2D eigenvalue weighted by Gasteiger charge is -2.26. The normalized spacial score (nSPS) is 14.7. The Kier molecular flexibility index (Phi) is 7.14. The lowest BCUT2D eigenvalue weighted by Crippen LogP contribution is -2.37. The Morgan fingerprint density at radius 2 is 1.78 bits per heavy atom. The van der Waals surface area contributed by atoms with Crippen LogP contribution in [0.4, 0.5) is 5.69 Å². The Morgan fingerprint density at radius 3 is 2.50 bits per heavy atom. The molecule has 6 nitrogen and oxygen atoms in total. The van der Waals surface area contributed by atoms with Gasteiger partial charge in [0.2, 0.25) is 5.91 Å². The van der Waals surface area contributed by atoms with E-state index in [4.69, 9.17) is 4.74 Å². The van der Waals surface area contributed by atoms with Gasteiger partial charge in [-0.1, -0.05) is 30.3 Å². The third-order valence-electron chi connectivity index (χ3n) is 5.79. The second-order valence-electron chi connectivity index (χ2n) is 8.06. The van der Waals surface area contributed by atoms with Crippen LogP contribution < -0.4 is 5.32 Å². The Bertz CT molecular complexity index is 1070. The summed E-state index contributed by atoms with van der Waals surface area (Å²) in [5, 5.41) is 7.57. The van der Waals surface area contributed by atoms with Crippen molar-refractivity contribution in [2.24, 2.45) is 0 Å². The molecule has 1 aromatic heterocycles. The van der Waals surface area contributed by atoms with E-state index in [2.05, 4.69) is 27.4 Å². The number of aryl methyl sites for hydroxylation is 1. The van der Waals surface area contributed by atoms with E-state index in [1.165, 1.54) is 5.56 Å². The van der Waals surface area contributed by atoms with E-state index < -0.39 is 0 Å². The number of carbonyl (C=O) groups excluding carboxylic acids is 1. The molecule has 0 spiro atoms. The predicted octanol–water partition coefficient (Wildman–Crippen LogP) is 4.02. The van der Waals surface area contributed by atoms with Gasteiger partial charge in [0, 0.05) is 42.7 Å². The molecule has 3 aromatic rings. The molecule has 1 N–H and O–H groups in total. The molecule has 1 fully saturated rings. The summed E-state index contributed by atoms with van der Waals surface area (Å²) in [5.41, 5.74) is 5.92. The van der Waals surface area contributed by atoms with Crippen molar-refractivity contribution in [2.75, 3.05) is 38.2 Å². The van der Waals surface area contributed by atoms with E-state index in [0.29, 0.717) is 0 Å². The molecule has 6 heteroatoms. The molecule has 1 aliphatic heterocycles. The number of hydrogen-bond donors (Lipinski definition) is 1. The Hall–Kier alpha value is -3.22. The summed E-state index contributed by atoms with van der Waals surface area (Å²) >= 11 is 0. The summed E-state index contributed by atoms with van der Waals surface area (Å²) < 4.78 is 7.30. The number of carbonyl (C=O) groups is 1. The maximum absolute atomic E-state index is 12.5. The summed E-state index contributed by atoms with van der Waals surface area (Å²) in [5.74, 6) is -0.155. The Labute approximate surface area is 189 Å². The summed E-state index contributed by atoms with van der Waals surface area (Å²) in [6.45, 7) is 8.66. The molecule has 0 atom stereocenters. The highest BCUT2D eigenvalue weighted by Gasteiger charge is 2.11. The molecule has 1 aliphatic rings. The van der Waals surface area contributed by atoms with Crippen molar-refractivity contribution >= 4 is 17.7 Å². The van der Waals surface area contributed by atoms with Gasteiger partial charge < -0.3 is 10.1 Å². The number of anilines is 1. The zero-order valence-electron chi connectivity index (χ0n) is 18.8. The fraction of sp³-hybridized carbons (Fsp3) is 0.308. The second kappa shape index (κ2) is 10.4. The summed E-state index contributed by atoms with van der Waals surface area (Å²) in [6.07, 6.45) is 4.40. The van der Waals surface area contributed by atoms with Gasteiger partial charge in [-0.2, -0.15) is 5.10 Å². The van der Waals surface area contributed by atoms with Gasteiger partial charge in [0.15, 0.2) is 0 Å². The average molecular weight is 431 g/mol. The van der Waals surface area contributed by atoms with Crippen LogP contribution in [0.1, 0.15) is 22.5 Å². The van der Waals surface area contributed by atoms with Gasteiger partial charge in [-0.15, -0.1) is 0 Å². The van der Waals surface area contributed by atoms with Gasteiger partial charge in [0.05, 0.1) is 24.6 Å². The van der Waals surface area contributed by atoms with E-state index >= 15 is 0 Å². The highest BCUT2D eigenvalue weighted by molar-refractivity contribution is 6.02. The molecule has 0 bridgehead atoms. The molecule has 0 aliphatic carbocycles. The van der Waals surface area contributed by atoms with Crippen LogP contribution in [0.5, 0.6) is 0 Å². The molecule has 0 saturated carbocycles. The number of para-hydroxylation sites is 1. The van der Waals surface area contributed by atoms with Crippen LogP contribution in [0.2, 0.25) is 0 Å². The van der Waals surface area contributed by atoms with Crippen molar-refractivity contribution in [1.82, 2.24) is 14.7 Å². The van der Waals surface area contributed by atoms with E-state index in [1.807, 2.05) is 67.1 Å². The third-order valence-corrected chi connectivity index (χ3v) is 5.79. The minimum atomic E-state index is -0.155. The maximum atomic E-state index is 12.5. The molecule has 0 unspecified atom stereocenters. The summed E-state index contributed by atoms with van der Waals surface area (Å²) in [6, 6.07) is 18.1. The molecule has 4 rings (SSSR count). The first kappa shape index (κ1) is 22.0. The number of hydrogen-bond acceptors (Lipinski definition) is 4. The highest BCUT2D eigenvalue weighted by atomic mass is 16.5. The highest BCUT2D eigenvalue weighted by Crippen LogP contribution is 2.19. The summed E-state index contributed by atoms with van der Waals surface area (Å²) in [4.78, 5) is 14.9. The third kappa shape index (κ3) is 5.52. The van der Waals surface area contributed by atoms with Gasteiger partial charge >= 0.3 is 0 Å². The number of morpholine rings is 1. The topological polar surface area (TPSA) is 59.4 Å². The lowest BCUT2D eigenvalue weighted by molar-refractivity contribution is -0.111. The molecule has 166 valence electrons. The first-order valence-corrected chi connectivity index (χ1v) is 11.1. The number of ether oxygens (including phenoxy) is 1. The SMILES string of the molecule is Cc1nn(-c2ccccc2)c(C)c1/C=C/C(=O)Nc1ccc(CCN2CCOCC2)cc1. The number of nitrogens with one attached hydrogen (secondary N) is 1. The van der Waals surface area contributed by atoms with Crippen LogP contribution in [-0.2, 0) is 16.0 Å². The molecule has 2 heterocycles. The quantitative estimate of drug-likeness (QED) is 0.576. The molecule has 32 heavy (non-hydrogen) atoms. The van der Waals surface area contributed by atoms with E-state index in [1.54, 1.807) is 6.08 Å². The second-order valence-corrected chi connectivity index (χ2v) is 8.06. The molecular weight excluding hydrogens is 400 g/mol. The molecule has 1 amide bonds. The smallest absolute Gasteiger partial charge is 0.248 e. The fourth-order valence-corrected chi connectivity index (χ4v) is 3.93. The van der Waals surface area contributed by atoms with Crippen molar-refractivity contribution in [3.63, 3.8) is 0 Å². The van der Waals surface area contributed by atoms with E-state index in [9.17, 15) is 4.79 Å². The number of benzene rings is 2. The van der Waals surface area contributed by atoms with Crippen LogP contribution in [-0.4, -0.2) is 53.4 Å². The van der Waals surface area contributed by atoms with Crippen LogP contribution in [0, 0.1) is 13.8 Å². The van der Waals surface area contributed by atoms with Crippen LogP contribution in [0.3, 0.4) is 0 Å². The Balaban J connectivity index is 1.34. The lowest BCUT2D eigenvalue weighted by atomic mass is 10.1. The number of aromatic nitrogens is 2. The maximum Gasteiger partial charge on any atom is 0.248 e. The van der Waals surface area contributed by atoms with Gasteiger partial charge in [0.1, 0.15) is 0 Å². The standard InChI is InChI=1S/C26H30N4O2/c1-20-25(21(2)30(28-20)24-6-4-3-5-7-24)12-13-26(31)27-23-10-8-22(9-11-23)14-15-29-16-18-32-19-17-29/h3-13H,14-19H2,1-2H3,(H,27,31)/b13-12+. The zero-order valence-corrected chi connectivity index (χ0v) is 18.8. The van der Waals surface area contributed by atoms with Gasteiger partial charge in [0.25, 0.3) is 0 Å². The average Bonchev–Trinajstić information content (AvgIpc) is 3.11. The molecule has 1 saturated heterocycles. The van der Waals surface area contributed by atoms with Crippen LogP contribution in [0.25, 0.3) is 11.8 Å². The van der Waals surface area contributed by atoms with Gasteiger partial charge in [-0.3, -0.25) is 9.69 Å². The minimum Gasteiger partial charge on any atom is -0.379 e. The first-order valence-electron chi connectivity index (χ1n) is 11.1. The van der Waals surface area contributed by atoms with E-state index in [0.717, 1.165) is 67.6 Å². The Morgan fingerprint density at radius 1 is 1.06 bits per heavy atom. The van der Waals surface area contributed by atoms with Gasteiger partial charge in [-0.05, 0) is 56.2 Å². The van der Waals surface area contributed by atoms with Crippen molar-refractivity contribution in [3.05, 3.63) is 83.2 Å². The number of amides is 1. The molecule has 2 aromatic carbocycles. The number of rotatable bonds is 7. The van der Waals surface area contributed by atoms with Crippen LogP contribution in [0.15, 0.2) is 60.7 Å². The number of nitrogens with zero attached hydrogens (tertiary/aromatic N) is 3. The minimum absolute atomic E-state index is 0.155. The summed E-state index contributed by atoms with van der Waals surface area (Å²) in [7, 11) is 0. The van der Waals surface area contributed by atoms with Crippen molar-refractivity contribution < 1.29 is 9.53 Å². The van der Waals surface area contributed by atoms with Crippen molar-refractivity contribution in [3.8, 4) is 5.69 Å². The zero-order chi connectivity index (χ0) is 22.3. The van der Waals surface area contributed by atoms with E-state index in [-0.39, 0.29) is 5.91 Å². The first-order chi connectivity index (χ1) is 15.6. The predicted molar refractivity (Wildman–Crippen MR) is 128 cm³/mol. The fourth-order valence-electron chi connectivity index (χ4n) is 3.93. The van der Waals surface area contributed by atoms with Crippen molar-refractivity contribution in [1.29, 1.82) is 0 Å². The van der Waals surface area contributed by atoms with Crippen molar-refractivity contribution in [2.45, 2.75) is 20.3 Å². The largest absolute Gasteiger partial charge is 0.379 e. The van der Waals surface area contributed by atoms with Crippen LogP contribution >= 0.6 is 0 Å².